The molecule has 0 bridgehead atoms. The fourth-order valence-electron chi connectivity index (χ4n) is 3.75. The summed E-state index contributed by atoms with van der Waals surface area (Å²) in [6.07, 6.45) is 2.66. The van der Waals surface area contributed by atoms with Crippen LogP contribution in [0.25, 0.3) is 0 Å². The highest BCUT2D eigenvalue weighted by molar-refractivity contribution is 5.73. The van der Waals surface area contributed by atoms with Crippen molar-refractivity contribution in [3.8, 4) is 6.01 Å². The molecule has 31 heavy (non-hydrogen) atoms. The van der Waals surface area contributed by atoms with E-state index in [2.05, 4.69) is 25.9 Å². The summed E-state index contributed by atoms with van der Waals surface area (Å²) in [5, 5.41) is 7.12. The van der Waals surface area contributed by atoms with Gasteiger partial charge in [0.1, 0.15) is 0 Å². The first-order chi connectivity index (χ1) is 14.8. The second-order valence-electron chi connectivity index (χ2n) is 7.18. The predicted octanol–water partition coefficient (Wildman–Crippen LogP) is 2.56. The molecule has 3 heterocycles. The molecular formula is C20H23F3N4O4. The van der Waals surface area contributed by atoms with Gasteiger partial charge < -0.3 is 14.6 Å². The summed E-state index contributed by atoms with van der Waals surface area (Å²) in [5.74, 6) is -2.36. The normalized spacial score (nSPS) is 23.4. The lowest BCUT2D eigenvalue weighted by molar-refractivity contribution is -0.192. The van der Waals surface area contributed by atoms with E-state index >= 15 is 0 Å². The first-order valence-corrected chi connectivity index (χ1v) is 9.80. The molecule has 3 unspecified atom stereocenters. The van der Waals surface area contributed by atoms with Crippen molar-refractivity contribution in [2.75, 3.05) is 19.8 Å². The molecule has 1 aliphatic heterocycles. The van der Waals surface area contributed by atoms with Gasteiger partial charge >= 0.3 is 18.2 Å². The Balaban J connectivity index is 0.000000339. The second kappa shape index (κ2) is 10.5. The first kappa shape index (κ1) is 22.9. The summed E-state index contributed by atoms with van der Waals surface area (Å²) < 4.78 is 43.6. The summed E-state index contributed by atoms with van der Waals surface area (Å²) in [6, 6.07) is 8.78. The van der Waals surface area contributed by atoms with E-state index in [1.807, 2.05) is 18.3 Å². The lowest BCUT2D eigenvalue weighted by atomic mass is 10.0. The van der Waals surface area contributed by atoms with Gasteiger partial charge in [0.25, 0.3) is 0 Å². The molecule has 0 amide bonds. The summed E-state index contributed by atoms with van der Waals surface area (Å²) in [5.41, 5.74) is 1.12. The Morgan fingerprint density at radius 1 is 1.16 bits per heavy atom. The number of ether oxygens (including phenoxy) is 2. The van der Waals surface area contributed by atoms with Crippen LogP contribution in [0.2, 0.25) is 0 Å². The van der Waals surface area contributed by atoms with E-state index in [4.69, 9.17) is 19.4 Å². The Morgan fingerprint density at radius 2 is 1.87 bits per heavy atom. The van der Waals surface area contributed by atoms with Crippen molar-refractivity contribution in [2.45, 2.75) is 37.7 Å². The Morgan fingerprint density at radius 3 is 2.52 bits per heavy atom. The highest BCUT2D eigenvalue weighted by Gasteiger charge is 2.43. The molecule has 1 aliphatic carbocycles. The third-order valence-corrected chi connectivity index (χ3v) is 5.14. The van der Waals surface area contributed by atoms with Crippen LogP contribution >= 0.6 is 0 Å². The van der Waals surface area contributed by atoms with Crippen LogP contribution in [0, 0.1) is 5.92 Å². The van der Waals surface area contributed by atoms with Gasteiger partial charge in [-0.15, -0.1) is 0 Å². The molecule has 2 aliphatic rings. The largest absolute Gasteiger partial charge is 0.490 e. The number of hydrogen-bond acceptors (Lipinski definition) is 7. The van der Waals surface area contributed by atoms with Crippen LogP contribution < -0.4 is 4.74 Å². The molecule has 2 fully saturated rings. The SMILES string of the molecule is O=C(O)C(F)(F)F.c1ccc(CN2CCOC3C(COc4ncccn4)CCC32)nc1. The number of aliphatic carboxylic acids is 1. The maximum Gasteiger partial charge on any atom is 0.490 e. The molecule has 1 saturated carbocycles. The van der Waals surface area contributed by atoms with Gasteiger partial charge in [-0.3, -0.25) is 9.88 Å². The van der Waals surface area contributed by atoms with Crippen molar-refractivity contribution in [3.63, 3.8) is 0 Å². The van der Waals surface area contributed by atoms with Crippen molar-refractivity contribution in [1.82, 2.24) is 19.9 Å². The van der Waals surface area contributed by atoms with E-state index in [0.29, 0.717) is 24.6 Å². The molecule has 0 radical (unpaired) electrons. The summed E-state index contributed by atoms with van der Waals surface area (Å²) in [6.45, 7) is 3.24. The van der Waals surface area contributed by atoms with E-state index in [1.165, 1.54) is 0 Å². The number of pyridine rings is 1. The molecule has 1 saturated heterocycles. The number of carboxylic acid groups (broad SMARTS) is 1. The molecule has 2 aromatic rings. The zero-order chi connectivity index (χ0) is 22.3. The quantitative estimate of drug-likeness (QED) is 0.758. The van der Waals surface area contributed by atoms with Gasteiger partial charge in [0.05, 0.1) is 25.0 Å². The second-order valence-corrected chi connectivity index (χ2v) is 7.18. The fraction of sp³-hybridized carbons (Fsp3) is 0.500. The minimum absolute atomic E-state index is 0.228. The van der Waals surface area contributed by atoms with Crippen molar-refractivity contribution in [2.24, 2.45) is 5.92 Å². The standard InChI is InChI=1S/C18H22N4O2.C2HF3O2/c1-2-7-19-15(4-1)12-22-10-11-23-17-14(5-6-16(17)22)13-24-18-20-8-3-9-21-18;3-2(4,5)1(6)7/h1-4,7-9,14,16-17H,5-6,10-13H2;(H,6,7). The molecule has 0 aromatic carbocycles. The number of rotatable bonds is 5. The lowest BCUT2D eigenvalue weighted by Gasteiger charge is -2.39. The molecule has 8 nitrogen and oxygen atoms in total. The molecule has 3 atom stereocenters. The highest BCUT2D eigenvalue weighted by atomic mass is 19.4. The Kier molecular flexibility index (Phi) is 7.75. The van der Waals surface area contributed by atoms with E-state index in [0.717, 1.165) is 38.2 Å². The van der Waals surface area contributed by atoms with E-state index in [9.17, 15) is 13.2 Å². The van der Waals surface area contributed by atoms with E-state index in [-0.39, 0.29) is 6.10 Å². The zero-order valence-corrected chi connectivity index (χ0v) is 16.6. The first-order valence-electron chi connectivity index (χ1n) is 9.80. The summed E-state index contributed by atoms with van der Waals surface area (Å²) in [4.78, 5) is 24.1. The van der Waals surface area contributed by atoms with E-state index < -0.39 is 12.1 Å². The van der Waals surface area contributed by atoms with Crippen molar-refractivity contribution in [3.05, 3.63) is 48.5 Å². The number of fused-ring (bicyclic) bond motifs is 1. The van der Waals surface area contributed by atoms with Crippen LogP contribution in [0.15, 0.2) is 42.9 Å². The van der Waals surface area contributed by atoms with Crippen molar-refractivity contribution in [1.29, 1.82) is 0 Å². The zero-order valence-electron chi connectivity index (χ0n) is 16.6. The van der Waals surface area contributed by atoms with Crippen molar-refractivity contribution < 1.29 is 32.5 Å². The molecule has 4 rings (SSSR count). The fourth-order valence-corrected chi connectivity index (χ4v) is 3.75. The average Bonchev–Trinajstić information content (AvgIpc) is 3.18. The van der Waals surface area contributed by atoms with Gasteiger partial charge in [-0.05, 0) is 31.0 Å². The summed E-state index contributed by atoms with van der Waals surface area (Å²) in [7, 11) is 0. The van der Waals surface area contributed by atoms with Crippen LogP contribution in [0.3, 0.4) is 0 Å². The third kappa shape index (κ3) is 6.59. The maximum absolute atomic E-state index is 10.6. The molecule has 2 aromatic heterocycles. The molecular weight excluding hydrogens is 417 g/mol. The Labute approximate surface area is 177 Å². The van der Waals surface area contributed by atoms with E-state index in [1.54, 1.807) is 18.5 Å². The summed E-state index contributed by atoms with van der Waals surface area (Å²) >= 11 is 0. The van der Waals surface area contributed by atoms with Crippen LogP contribution in [-0.4, -0.2) is 69.0 Å². The van der Waals surface area contributed by atoms with Crippen LogP contribution in [-0.2, 0) is 16.1 Å². The third-order valence-electron chi connectivity index (χ3n) is 5.14. The molecule has 11 heteroatoms. The minimum atomic E-state index is -5.08. The van der Waals surface area contributed by atoms with Gasteiger partial charge in [-0.1, -0.05) is 6.07 Å². The van der Waals surface area contributed by atoms with Crippen LogP contribution in [0.1, 0.15) is 18.5 Å². The van der Waals surface area contributed by atoms with Crippen molar-refractivity contribution >= 4 is 5.97 Å². The average molecular weight is 440 g/mol. The van der Waals surface area contributed by atoms with Crippen LogP contribution in [0.5, 0.6) is 6.01 Å². The van der Waals surface area contributed by atoms with Crippen LogP contribution in [0.4, 0.5) is 13.2 Å². The number of hydrogen-bond donors (Lipinski definition) is 1. The van der Waals surface area contributed by atoms with Gasteiger partial charge in [-0.2, -0.15) is 13.2 Å². The van der Waals surface area contributed by atoms with Gasteiger partial charge in [0, 0.05) is 43.6 Å². The van der Waals surface area contributed by atoms with Gasteiger partial charge in [0.2, 0.25) is 0 Å². The number of carboxylic acids is 1. The predicted molar refractivity (Wildman–Crippen MR) is 102 cm³/mol. The highest BCUT2D eigenvalue weighted by Crippen LogP contribution is 2.35. The molecule has 168 valence electrons. The topological polar surface area (TPSA) is 97.7 Å². The Hall–Kier alpha value is -2.79. The number of aromatic nitrogens is 3. The molecule has 1 N–H and O–H groups in total. The molecule has 0 spiro atoms. The smallest absolute Gasteiger partial charge is 0.475 e. The number of carbonyl (C=O) groups is 1. The monoisotopic (exact) mass is 440 g/mol. The minimum Gasteiger partial charge on any atom is -0.475 e. The number of morpholine rings is 1. The van der Waals surface area contributed by atoms with Gasteiger partial charge in [-0.25, -0.2) is 14.8 Å². The Bertz CT molecular complexity index is 826. The number of alkyl halides is 3. The number of nitrogens with zero attached hydrogens (tertiary/aromatic N) is 4. The maximum atomic E-state index is 10.6. The van der Waals surface area contributed by atoms with Gasteiger partial charge in [0.15, 0.2) is 0 Å². The lowest BCUT2D eigenvalue weighted by Crippen LogP contribution is -2.50. The number of halogens is 3.